The number of nitrogens with zero attached hydrogens (tertiary/aromatic N) is 5. The number of anilines is 2. The molecule has 0 unspecified atom stereocenters. The lowest BCUT2D eigenvalue weighted by Gasteiger charge is -2.23. The Labute approximate surface area is 219 Å². The molecule has 2 heterocycles. The lowest BCUT2D eigenvalue weighted by atomic mass is 10.2. The summed E-state index contributed by atoms with van der Waals surface area (Å²) in [5.41, 5.74) is 1.79. The van der Waals surface area contributed by atoms with E-state index in [0.717, 1.165) is 10.2 Å². The van der Waals surface area contributed by atoms with E-state index in [9.17, 15) is 13.2 Å². The van der Waals surface area contributed by atoms with E-state index in [1.807, 2.05) is 42.6 Å². The lowest BCUT2D eigenvalue weighted by Crippen LogP contribution is -2.34. The third-order valence-electron chi connectivity index (χ3n) is 5.89. The molecule has 2 aromatic heterocycles. The first-order valence-electron chi connectivity index (χ1n) is 11.8. The maximum atomic E-state index is 13.7. The second-order valence-electron chi connectivity index (χ2n) is 8.22. The number of thiazole rings is 1. The van der Waals surface area contributed by atoms with Crippen LogP contribution in [0.4, 0.5) is 10.8 Å². The van der Waals surface area contributed by atoms with Gasteiger partial charge in [-0.3, -0.25) is 18.7 Å². The third kappa shape index (κ3) is 5.11. The first kappa shape index (κ1) is 24.7. The monoisotopic (exact) mass is 531 g/mol. The van der Waals surface area contributed by atoms with Crippen LogP contribution in [0.25, 0.3) is 10.2 Å². The molecule has 3 aromatic carbocycles. The molecular formula is C27H25N5O3S2. The Morgan fingerprint density at radius 2 is 1.68 bits per heavy atom. The molecule has 0 aliphatic rings. The quantitative estimate of drug-likeness (QED) is 0.265. The zero-order valence-corrected chi connectivity index (χ0v) is 21.8. The summed E-state index contributed by atoms with van der Waals surface area (Å²) in [5.74, 6) is -0.259. The molecular weight excluding hydrogens is 506 g/mol. The largest absolute Gasteiger partial charge is 0.282 e. The van der Waals surface area contributed by atoms with Crippen molar-refractivity contribution in [2.75, 3.05) is 22.3 Å². The number of benzene rings is 3. The van der Waals surface area contributed by atoms with Gasteiger partial charge in [0.15, 0.2) is 5.13 Å². The predicted octanol–water partition coefficient (Wildman–Crippen LogP) is 5.06. The minimum Gasteiger partial charge on any atom is -0.282 e. The second kappa shape index (κ2) is 10.5. The molecule has 0 spiro atoms. The van der Waals surface area contributed by atoms with E-state index in [4.69, 9.17) is 0 Å². The highest BCUT2D eigenvalue weighted by atomic mass is 32.2. The van der Waals surface area contributed by atoms with Gasteiger partial charge < -0.3 is 0 Å². The van der Waals surface area contributed by atoms with Crippen molar-refractivity contribution in [3.05, 3.63) is 103 Å². The van der Waals surface area contributed by atoms with E-state index in [-0.39, 0.29) is 17.3 Å². The molecule has 0 N–H and O–H groups in total. The third-order valence-corrected chi connectivity index (χ3v) is 8.87. The lowest BCUT2D eigenvalue weighted by molar-refractivity contribution is 0.0985. The maximum absolute atomic E-state index is 13.7. The van der Waals surface area contributed by atoms with Gasteiger partial charge in [-0.05, 0) is 61.5 Å². The first-order valence-corrected chi connectivity index (χ1v) is 14.1. The number of carbonyl (C=O) groups excluding carboxylic acids is 1. The molecule has 5 aromatic rings. The number of rotatable bonds is 9. The summed E-state index contributed by atoms with van der Waals surface area (Å²) >= 11 is 1.44. The molecule has 1 amide bonds. The van der Waals surface area contributed by atoms with Gasteiger partial charge in [-0.1, -0.05) is 41.7 Å². The van der Waals surface area contributed by atoms with Gasteiger partial charge in [0.05, 0.1) is 27.3 Å². The Morgan fingerprint density at radius 1 is 0.946 bits per heavy atom. The summed E-state index contributed by atoms with van der Waals surface area (Å²) in [6.07, 6.45) is 3.53. The molecule has 0 radical (unpaired) electrons. The number of aromatic nitrogens is 3. The van der Waals surface area contributed by atoms with Gasteiger partial charge in [-0.2, -0.15) is 5.10 Å². The van der Waals surface area contributed by atoms with Crippen LogP contribution in [-0.4, -0.2) is 42.2 Å². The smallest absolute Gasteiger partial charge is 0.264 e. The molecule has 8 nitrogen and oxygen atoms in total. The Balaban J connectivity index is 1.44. The van der Waals surface area contributed by atoms with Gasteiger partial charge in [0.2, 0.25) is 0 Å². The van der Waals surface area contributed by atoms with Crippen LogP contribution >= 0.6 is 11.3 Å². The zero-order chi connectivity index (χ0) is 25.8. The van der Waals surface area contributed by atoms with E-state index >= 15 is 0 Å². The Bertz CT molecular complexity index is 1570. The number of hydrogen-bond donors (Lipinski definition) is 0. The molecule has 0 atom stereocenters. The van der Waals surface area contributed by atoms with Crippen LogP contribution in [0.1, 0.15) is 17.3 Å². The highest BCUT2D eigenvalue weighted by Gasteiger charge is 2.25. The van der Waals surface area contributed by atoms with Crippen LogP contribution in [0.2, 0.25) is 0 Å². The van der Waals surface area contributed by atoms with Crippen molar-refractivity contribution in [3.63, 3.8) is 0 Å². The number of carbonyl (C=O) groups is 1. The van der Waals surface area contributed by atoms with Crippen LogP contribution in [0.5, 0.6) is 0 Å². The second-order valence-corrected chi connectivity index (χ2v) is 11.1. The highest BCUT2D eigenvalue weighted by molar-refractivity contribution is 7.92. The van der Waals surface area contributed by atoms with Crippen LogP contribution < -0.4 is 9.21 Å². The van der Waals surface area contributed by atoms with Gasteiger partial charge >= 0.3 is 0 Å². The van der Waals surface area contributed by atoms with Gasteiger partial charge in [0, 0.05) is 31.0 Å². The highest BCUT2D eigenvalue weighted by Crippen LogP contribution is 2.30. The Morgan fingerprint density at radius 3 is 2.35 bits per heavy atom. The SMILES string of the molecule is CCN(c1ccccc1)S(=O)(=O)c1ccc(C(=O)N(CCn2cccn2)c2nc3ccccc3s2)cc1. The molecule has 0 aliphatic heterocycles. The van der Waals surface area contributed by atoms with E-state index in [1.165, 1.54) is 27.8 Å². The van der Waals surface area contributed by atoms with Crippen LogP contribution in [-0.2, 0) is 16.6 Å². The maximum Gasteiger partial charge on any atom is 0.264 e. The number of amides is 1. The molecule has 0 saturated heterocycles. The molecule has 0 aliphatic carbocycles. The fourth-order valence-electron chi connectivity index (χ4n) is 4.03. The van der Waals surface area contributed by atoms with Crippen molar-refractivity contribution in [2.45, 2.75) is 18.4 Å². The van der Waals surface area contributed by atoms with Gasteiger partial charge in [-0.15, -0.1) is 0 Å². The van der Waals surface area contributed by atoms with E-state index in [2.05, 4.69) is 10.1 Å². The van der Waals surface area contributed by atoms with E-state index in [0.29, 0.717) is 29.5 Å². The average Bonchev–Trinajstić information content (AvgIpc) is 3.60. The first-order chi connectivity index (χ1) is 18.0. The van der Waals surface area contributed by atoms with Crippen molar-refractivity contribution in [2.24, 2.45) is 0 Å². The van der Waals surface area contributed by atoms with Crippen molar-refractivity contribution < 1.29 is 13.2 Å². The number of fused-ring (bicyclic) bond motifs is 1. The molecule has 0 fully saturated rings. The summed E-state index contributed by atoms with van der Waals surface area (Å²) in [5, 5.41) is 4.82. The van der Waals surface area contributed by atoms with Gasteiger partial charge in [-0.25, -0.2) is 13.4 Å². The normalized spacial score (nSPS) is 11.5. The predicted molar refractivity (Wildman–Crippen MR) is 147 cm³/mol. The molecule has 5 rings (SSSR count). The minimum atomic E-state index is -3.79. The van der Waals surface area contributed by atoms with Gasteiger partial charge in [0.1, 0.15) is 0 Å². The summed E-state index contributed by atoms with van der Waals surface area (Å²) in [4.78, 5) is 20.1. The summed E-state index contributed by atoms with van der Waals surface area (Å²) in [6.45, 7) is 2.92. The molecule has 188 valence electrons. The molecule has 0 bridgehead atoms. The fraction of sp³-hybridized carbons (Fsp3) is 0.148. The topological polar surface area (TPSA) is 88.4 Å². The Hall–Kier alpha value is -4.02. The van der Waals surface area contributed by atoms with Crippen LogP contribution in [0.15, 0.2) is 102 Å². The van der Waals surface area contributed by atoms with Crippen LogP contribution in [0.3, 0.4) is 0 Å². The fourth-order valence-corrected chi connectivity index (χ4v) is 6.50. The van der Waals surface area contributed by atoms with Crippen molar-refractivity contribution in [1.82, 2.24) is 14.8 Å². The van der Waals surface area contributed by atoms with E-state index < -0.39 is 10.0 Å². The summed E-state index contributed by atoms with van der Waals surface area (Å²) in [6, 6.07) is 24.6. The Kier molecular flexibility index (Phi) is 7.02. The molecule has 37 heavy (non-hydrogen) atoms. The van der Waals surface area contributed by atoms with Crippen molar-refractivity contribution >= 4 is 48.3 Å². The summed E-state index contributed by atoms with van der Waals surface area (Å²) in [7, 11) is -3.79. The van der Waals surface area contributed by atoms with Gasteiger partial charge in [0.25, 0.3) is 15.9 Å². The van der Waals surface area contributed by atoms with Crippen molar-refractivity contribution in [1.29, 1.82) is 0 Å². The standard InChI is InChI=1S/C27H25N5O3S2/c1-2-32(22-9-4-3-5-10-22)37(34,35)23-15-13-21(14-16-23)26(33)31(20-19-30-18-8-17-28-30)27-29-24-11-6-7-12-25(24)36-27/h3-18H,2,19-20H2,1H3. The zero-order valence-electron chi connectivity index (χ0n) is 20.1. The number of hydrogen-bond acceptors (Lipinski definition) is 6. The van der Waals surface area contributed by atoms with Crippen LogP contribution in [0, 0.1) is 0 Å². The number of para-hydroxylation sites is 2. The molecule has 0 saturated carbocycles. The average molecular weight is 532 g/mol. The molecule has 10 heteroatoms. The van der Waals surface area contributed by atoms with Crippen molar-refractivity contribution in [3.8, 4) is 0 Å². The minimum absolute atomic E-state index is 0.123. The summed E-state index contributed by atoms with van der Waals surface area (Å²) < 4.78 is 30.8. The van der Waals surface area contributed by atoms with E-state index in [1.54, 1.807) is 59.1 Å². The number of sulfonamides is 1.